The topological polar surface area (TPSA) is 106 Å². The number of para-hydroxylation sites is 1. The van der Waals surface area contributed by atoms with E-state index in [2.05, 4.69) is 10.6 Å². The van der Waals surface area contributed by atoms with Crippen molar-refractivity contribution in [3.05, 3.63) is 36.0 Å². The Kier molecular flexibility index (Phi) is 5.30. The van der Waals surface area contributed by atoms with Crippen molar-refractivity contribution in [2.24, 2.45) is 24.6 Å². The highest BCUT2D eigenvalue weighted by Crippen LogP contribution is 2.33. The molecule has 0 unspecified atom stereocenters. The number of rotatable bonds is 6. The first kappa shape index (κ1) is 19.5. The lowest BCUT2D eigenvalue weighted by Crippen LogP contribution is -2.53. The molecule has 2 fully saturated rings. The van der Waals surface area contributed by atoms with E-state index in [1.807, 2.05) is 41.9 Å². The van der Waals surface area contributed by atoms with Gasteiger partial charge in [-0.2, -0.15) is 0 Å². The van der Waals surface area contributed by atoms with Crippen molar-refractivity contribution in [2.45, 2.75) is 50.6 Å². The number of aromatic nitrogens is 1. The standard InChI is InChI=1S/C22H28N4O3/c1-26-17-9-5-2-6-14(17)12-18(26)22(29)24-16-8-4-3-7-15(16)21(28)25-19(20(23)27)13-10-11-13/h2,5-6,9,12-13,15-16,19H,3-4,7-8,10-11H2,1H3,(H2,23,27)(H,24,29)(H,25,28)/t15-,16+,19+/m1/s1. The number of primary amides is 1. The van der Waals surface area contributed by atoms with E-state index in [-0.39, 0.29) is 29.7 Å². The summed E-state index contributed by atoms with van der Waals surface area (Å²) >= 11 is 0. The molecule has 29 heavy (non-hydrogen) atoms. The lowest BCUT2D eigenvalue weighted by Gasteiger charge is -2.32. The number of aryl methyl sites for hydroxylation is 1. The van der Waals surface area contributed by atoms with Gasteiger partial charge in [0.05, 0.1) is 5.92 Å². The molecule has 2 aliphatic carbocycles. The monoisotopic (exact) mass is 396 g/mol. The normalized spacial score (nSPS) is 22.8. The lowest BCUT2D eigenvalue weighted by molar-refractivity contribution is -0.131. The highest BCUT2D eigenvalue weighted by atomic mass is 16.2. The van der Waals surface area contributed by atoms with Crippen LogP contribution in [-0.2, 0) is 16.6 Å². The summed E-state index contributed by atoms with van der Waals surface area (Å²) in [7, 11) is 1.87. The maximum absolute atomic E-state index is 13.0. The van der Waals surface area contributed by atoms with E-state index in [4.69, 9.17) is 5.73 Å². The van der Waals surface area contributed by atoms with Gasteiger partial charge in [-0.05, 0) is 43.7 Å². The van der Waals surface area contributed by atoms with Crippen molar-refractivity contribution in [3.63, 3.8) is 0 Å². The summed E-state index contributed by atoms with van der Waals surface area (Å²) in [6.07, 6.45) is 5.18. The molecule has 2 aliphatic rings. The van der Waals surface area contributed by atoms with Crippen LogP contribution in [0.5, 0.6) is 0 Å². The van der Waals surface area contributed by atoms with Crippen LogP contribution in [0.1, 0.15) is 49.0 Å². The summed E-state index contributed by atoms with van der Waals surface area (Å²) in [5, 5.41) is 6.94. The molecule has 154 valence electrons. The van der Waals surface area contributed by atoms with Gasteiger partial charge in [0.15, 0.2) is 0 Å². The molecule has 0 radical (unpaired) electrons. The number of hydrogen-bond donors (Lipinski definition) is 3. The second kappa shape index (κ2) is 7.89. The Morgan fingerprint density at radius 2 is 1.83 bits per heavy atom. The summed E-state index contributed by atoms with van der Waals surface area (Å²) in [4.78, 5) is 37.6. The van der Waals surface area contributed by atoms with Crippen LogP contribution < -0.4 is 16.4 Å². The van der Waals surface area contributed by atoms with E-state index in [9.17, 15) is 14.4 Å². The average molecular weight is 396 g/mol. The number of benzene rings is 1. The molecule has 0 saturated heterocycles. The third-order valence-electron chi connectivity index (χ3n) is 6.30. The quantitative estimate of drug-likeness (QED) is 0.694. The number of hydrogen-bond acceptors (Lipinski definition) is 3. The van der Waals surface area contributed by atoms with Crippen molar-refractivity contribution >= 4 is 28.6 Å². The van der Waals surface area contributed by atoms with Crippen LogP contribution in [0.25, 0.3) is 10.9 Å². The van der Waals surface area contributed by atoms with E-state index < -0.39 is 11.9 Å². The van der Waals surface area contributed by atoms with Gasteiger partial charge in [-0.3, -0.25) is 14.4 Å². The fourth-order valence-electron chi connectivity index (χ4n) is 4.48. The van der Waals surface area contributed by atoms with Gasteiger partial charge in [-0.15, -0.1) is 0 Å². The van der Waals surface area contributed by atoms with Gasteiger partial charge in [0, 0.05) is 24.0 Å². The molecule has 2 saturated carbocycles. The Labute approximate surface area is 170 Å². The third kappa shape index (κ3) is 3.99. The first-order chi connectivity index (χ1) is 14.0. The van der Waals surface area contributed by atoms with Crippen molar-refractivity contribution in [1.82, 2.24) is 15.2 Å². The Bertz CT molecular complexity index is 947. The Hall–Kier alpha value is -2.83. The second-order valence-corrected chi connectivity index (χ2v) is 8.34. The van der Waals surface area contributed by atoms with E-state index in [0.29, 0.717) is 12.1 Å². The molecule has 4 N–H and O–H groups in total. The van der Waals surface area contributed by atoms with Gasteiger partial charge in [-0.25, -0.2) is 0 Å². The number of amides is 3. The molecule has 0 bridgehead atoms. The predicted octanol–water partition coefficient (Wildman–Crippen LogP) is 1.85. The average Bonchev–Trinajstić information content (AvgIpc) is 3.49. The molecule has 0 aliphatic heterocycles. The molecular weight excluding hydrogens is 368 g/mol. The number of nitrogens with zero attached hydrogens (tertiary/aromatic N) is 1. The van der Waals surface area contributed by atoms with E-state index in [1.54, 1.807) is 0 Å². The largest absolute Gasteiger partial charge is 0.368 e. The highest BCUT2D eigenvalue weighted by Gasteiger charge is 2.39. The van der Waals surface area contributed by atoms with Gasteiger partial charge >= 0.3 is 0 Å². The zero-order valence-corrected chi connectivity index (χ0v) is 16.7. The van der Waals surface area contributed by atoms with Crippen LogP contribution in [0.3, 0.4) is 0 Å². The van der Waals surface area contributed by atoms with Crippen molar-refractivity contribution in [1.29, 1.82) is 0 Å². The van der Waals surface area contributed by atoms with Crippen LogP contribution in [0, 0.1) is 11.8 Å². The predicted molar refractivity (Wildman–Crippen MR) is 110 cm³/mol. The summed E-state index contributed by atoms with van der Waals surface area (Å²) in [6.45, 7) is 0. The molecule has 1 aromatic heterocycles. The summed E-state index contributed by atoms with van der Waals surface area (Å²) in [6, 6.07) is 8.87. The highest BCUT2D eigenvalue weighted by molar-refractivity contribution is 5.99. The molecule has 7 heteroatoms. The number of fused-ring (bicyclic) bond motifs is 1. The van der Waals surface area contributed by atoms with Gasteiger partial charge in [0.25, 0.3) is 5.91 Å². The molecule has 7 nitrogen and oxygen atoms in total. The minimum atomic E-state index is -0.598. The third-order valence-corrected chi connectivity index (χ3v) is 6.30. The Morgan fingerprint density at radius 3 is 2.52 bits per heavy atom. The van der Waals surface area contributed by atoms with E-state index in [1.165, 1.54) is 0 Å². The second-order valence-electron chi connectivity index (χ2n) is 8.34. The van der Waals surface area contributed by atoms with E-state index >= 15 is 0 Å². The summed E-state index contributed by atoms with van der Waals surface area (Å²) < 4.78 is 1.87. The van der Waals surface area contributed by atoms with Crippen LogP contribution >= 0.6 is 0 Å². The SMILES string of the molecule is Cn1c(C(=O)N[C@H]2CCCC[C@H]2C(=O)N[C@H](C(N)=O)C2CC2)cc2ccccc21. The molecule has 2 aromatic rings. The maximum atomic E-state index is 13.0. The summed E-state index contributed by atoms with van der Waals surface area (Å²) in [5.41, 5.74) is 7.04. The molecule has 3 atom stereocenters. The van der Waals surface area contributed by atoms with Crippen LogP contribution in [0.15, 0.2) is 30.3 Å². The van der Waals surface area contributed by atoms with Gasteiger partial charge in [0.2, 0.25) is 11.8 Å². The number of nitrogens with one attached hydrogen (secondary N) is 2. The lowest BCUT2D eigenvalue weighted by atomic mass is 9.83. The van der Waals surface area contributed by atoms with E-state index in [0.717, 1.165) is 43.0 Å². The van der Waals surface area contributed by atoms with Crippen LogP contribution in [0.2, 0.25) is 0 Å². The Morgan fingerprint density at radius 1 is 1.10 bits per heavy atom. The maximum Gasteiger partial charge on any atom is 0.268 e. The summed E-state index contributed by atoms with van der Waals surface area (Å²) in [5.74, 6) is -1.02. The first-order valence-electron chi connectivity index (χ1n) is 10.4. The zero-order valence-electron chi connectivity index (χ0n) is 16.7. The fraction of sp³-hybridized carbons (Fsp3) is 0.500. The molecule has 3 amide bonds. The minimum absolute atomic E-state index is 0.156. The van der Waals surface area contributed by atoms with Crippen molar-refractivity contribution < 1.29 is 14.4 Å². The molecule has 1 heterocycles. The smallest absolute Gasteiger partial charge is 0.268 e. The van der Waals surface area contributed by atoms with Gasteiger partial charge in [-0.1, -0.05) is 31.0 Å². The van der Waals surface area contributed by atoms with Gasteiger partial charge < -0.3 is 20.9 Å². The molecule has 0 spiro atoms. The first-order valence-corrected chi connectivity index (χ1v) is 10.4. The van der Waals surface area contributed by atoms with Crippen molar-refractivity contribution in [3.8, 4) is 0 Å². The van der Waals surface area contributed by atoms with Crippen LogP contribution in [-0.4, -0.2) is 34.4 Å². The van der Waals surface area contributed by atoms with Crippen LogP contribution in [0.4, 0.5) is 0 Å². The molecule has 4 rings (SSSR count). The number of carbonyl (C=O) groups is 3. The number of carbonyl (C=O) groups excluding carboxylic acids is 3. The van der Waals surface area contributed by atoms with Crippen molar-refractivity contribution in [2.75, 3.05) is 0 Å². The minimum Gasteiger partial charge on any atom is -0.368 e. The molecule has 1 aromatic carbocycles. The zero-order chi connectivity index (χ0) is 20.5. The fourth-order valence-corrected chi connectivity index (χ4v) is 4.48. The van der Waals surface area contributed by atoms with Gasteiger partial charge in [0.1, 0.15) is 11.7 Å². The Balaban J connectivity index is 1.48. The number of nitrogens with two attached hydrogens (primary N) is 1. The molecular formula is C22H28N4O3.